The van der Waals surface area contributed by atoms with Gasteiger partial charge in [-0.15, -0.1) is 11.3 Å². The molecule has 1 fully saturated rings. The fraction of sp³-hybridized carbons (Fsp3) is 0.300. The Morgan fingerprint density at radius 1 is 1.08 bits per heavy atom. The molecule has 1 N–H and O–H groups in total. The number of aliphatic hydroxyl groups is 1. The Kier molecular flexibility index (Phi) is 8.32. The quantitative estimate of drug-likeness (QED) is 0.151. The highest BCUT2D eigenvalue weighted by Crippen LogP contribution is 2.43. The second-order valence-corrected chi connectivity index (χ2v) is 10.5. The van der Waals surface area contributed by atoms with Crippen LogP contribution in [0.1, 0.15) is 59.6 Å². The number of amides is 1. The van der Waals surface area contributed by atoms with Crippen LogP contribution in [0.2, 0.25) is 0 Å². The van der Waals surface area contributed by atoms with E-state index in [4.69, 9.17) is 9.47 Å². The Morgan fingerprint density at radius 2 is 1.79 bits per heavy atom. The molecule has 1 amide bonds. The Morgan fingerprint density at radius 3 is 2.39 bits per heavy atom. The summed E-state index contributed by atoms with van der Waals surface area (Å²) >= 11 is 1.39. The predicted octanol–water partition coefficient (Wildman–Crippen LogP) is 6.28. The molecular formula is C30H31NO6S. The van der Waals surface area contributed by atoms with E-state index < -0.39 is 23.7 Å². The summed E-state index contributed by atoms with van der Waals surface area (Å²) in [5, 5.41) is 13.2. The maximum Gasteiger partial charge on any atom is 0.338 e. The highest BCUT2D eigenvalue weighted by molar-refractivity contribution is 7.10. The number of ketones is 1. The molecule has 3 aromatic rings. The minimum Gasteiger partial charge on any atom is -0.507 e. The van der Waals surface area contributed by atoms with Crippen molar-refractivity contribution >= 4 is 40.4 Å². The smallest absolute Gasteiger partial charge is 0.338 e. The van der Waals surface area contributed by atoms with Crippen molar-refractivity contribution in [3.8, 4) is 5.75 Å². The molecule has 1 saturated heterocycles. The molecule has 0 spiro atoms. The number of esters is 1. The van der Waals surface area contributed by atoms with Gasteiger partial charge in [0.25, 0.3) is 11.7 Å². The standard InChI is InChI=1S/C30H31NO6S/c1-5-14-36-23-13-10-21(16-19(23)4)27(32)25-26(24-7-6-15-38-24)31(29(34)28(25)33)22-11-8-20(9-12-22)30(35)37-17-18(2)3/h6-13,15-16,18,26,32H,5,14,17H2,1-4H3/b27-25-. The normalized spacial score (nSPS) is 16.8. The lowest BCUT2D eigenvalue weighted by Crippen LogP contribution is -2.29. The molecule has 8 heteroatoms. The highest BCUT2D eigenvalue weighted by atomic mass is 32.1. The summed E-state index contributed by atoms with van der Waals surface area (Å²) in [4.78, 5) is 41.1. The van der Waals surface area contributed by atoms with Crippen LogP contribution < -0.4 is 9.64 Å². The third-order valence-corrected chi connectivity index (χ3v) is 7.02. The zero-order chi connectivity index (χ0) is 27.4. The third-order valence-electron chi connectivity index (χ3n) is 6.10. The van der Waals surface area contributed by atoms with Gasteiger partial charge in [0.2, 0.25) is 0 Å². The summed E-state index contributed by atoms with van der Waals surface area (Å²) in [5.74, 6) is -1.32. The highest BCUT2D eigenvalue weighted by Gasteiger charge is 2.47. The topological polar surface area (TPSA) is 93.1 Å². The Balaban J connectivity index is 1.73. The van der Waals surface area contributed by atoms with Gasteiger partial charge in [-0.25, -0.2) is 4.79 Å². The number of carbonyl (C=O) groups excluding carboxylic acids is 3. The van der Waals surface area contributed by atoms with Crippen molar-refractivity contribution in [2.45, 2.75) is 40.2 Å². The van der Waals surface area contributed by atoms with Crippen LogP contribution in [-0.2, 0) is 14.3 Å². The molecule has 1 atom stereocenters. The molecule has 2 heterocycles. The number of aryl methyl sites for hydroxylation is 1. The van der Waals surface area contributed by atoms with Crippen LogP contribution in [0.25, 0.3) is 5.76 Å². The monoisotopic (exact) mass is 533 g/mol. The molecule has 2 aromatic carbocycles. The number of thiophene rings is 1. The van der Waals surface area contributed by atoms with Crippen molar-refractivity contribution in [3.05, 3.63) is 87.1 Å². The lowest BCUT2D eigenvalue weighted by Gasteiger charge is -2.24. The second kappa shape index (κ2) is 11.6. The first kappa shape index (κ1) is 27.1. The van der Waals surface area contributed by atoms with E-state index >= 15 is 0 Å². The van der Waals surface area contributed by atoms with Gasteiger partial charge in [0.15, 0.2) is 0 Å². The average Bonchev–Trinajstić information content (AvgIpc) is 3.53. The molecule has 0 saturated carbocycles. The Labute approximate surface area is 226 Å². The molecule has 1 aromatic heterocycles. The van der Waals surface area contributed by atoms with Gasteiger partial charge in [-0.05, 0) is 78.7 Å². The lowest BCUT2D eigenvalue weighted by atomic mass is 9.98. The number of rotatable bonds is 9. The van der Waals surface area contributed by atoms with Crippen molar-refractivity contribution in [3.63, 3.8) is 0 Å². The molecule has 1 unspecified atom stereocenters. The van der Waals surface area contributed by atoms with Crippen LogP contribution in [0.3, 0.4) is 0 Å². The summed E-state index contributed by atoms with van der Waals surface area (Å²) in [6.45, 7) is 8.67. The van der Waals surface area contributed by atoms with E-state index in [1.165, 1.54) is 16.2 Å². The van der Waals surface area contributed by atoms with Gasteiger partial charge < -0.3 is 14.6 Å². The van der Waals surface area contributed by atoms with Crippen LogP contribution in [0.15, 0.2) is 65.6 Å². The number of Topliss-reactive ketones (excluding diaryl/α,β-unsaturated/α-hetero) is 1. The molecular weight excluding hydrogens is 502 g/mol. The van der Waals surface area contributed by atoms with Crippen molar-refractivity contribution in [2.75, 3.05) is 18.1 Å². The minimum absolute atomic E-state index is 0.0134. The summed E-state index contributed by atoms with van der Waals surface area (Å²) in [6, 6.07) is 14.4. The van der Waals surface area contributed by atoms with E-state index in [0.29, 0.717) is 35.8 Å². The first-order valence-electron chi connectivity index (χ1n) is 12.6. The molecule has 198 valence electrons. The van der Waals surface area contributed by atoms with E-state index in [0.717, 1.165) is 16.9 Å². The van der Waals surface area contributed by atoms with Crippen LogP contribution in [0.5, 0.6) is 5.75 Å². The zero-order valence-electron chi connectivity index (χ0n) is 21.9. The molecule has 38 heavy (non-hydrogen) atoms. The van der Waals surface area contributed by atoms with Gasteiger partial charge >= 0.3 is 5.97 Å². The fourth-order valence-corrected chi connectivity index (χ4v) is 5.05. The number of carbonyl (C=O) groups is 3. The maximum absolute atomic E-state index is 13.3. The van der Waals surface area contributed by atoms with Crippen LogP contribution in [0.4, 0.5) is 5.69 Å². The molecule has 0 radical (unpaired) electrons. The number of hydrogen-bond acceptors (Lipinski definition) is 7. The van der Waals surface area contributed by atoms with E-state index in [-0.39, 0.29) is 17.3 Å². The maximum atomic E-state index is 13.3. The van der Waals surface area contributed by atoms with E-state index in [2.05, 4.69) is 0 Å². The van der Waals surface area contributed by atoms with Gasteiger partial charge in [0.05, 0.1) is 24.4 Å². The first-order valence-corrected chi connectivity index (χ1v) is 13.5. The minimum atomic E-state index is -0.815. The van der Waals surface area contributed by atoms with Gasteiger partial charge in [-0.1, -0.05) is 26.8 Å². The van der Waals surface area contributed by atoms with Crippen LogP contribution in [0, 0.1) is 12.8 Å². The summed E-state index contributed by atoms with van der Waals surface area (Å²) in [6.07, 6.45) is 0.867. The van der Waals surface area contributed by atoms with Crippen molar-refractivity contribution < 1.29 is 29.0 Å². The number of ether oxygens (including phenoxy) is 2. The molecule has 0 aliphatic carbocycles. The first-order chi connectivity index (χ1) is 18.2. The fourth-order valence-electron chi connectivity index (χ4n) is 4.22. The summed E-state index contributed by atoms with van der Waals surface area (Å²) < 4.78 is 11.0. The van der Waals surface area contributed by atoms with E-state index in [1.807, 2.05) is 45.2 Å². The van der Waals surface area contributed by atoms with Gasteiger partial charge in [0.1, 0.15) is 17.6 Å². The van der Waals surface area contributed by atoms with E-state index in [9.17, 15) is 19.5 Å². The number of aliphatic hydroxyl groups excluding tert-OH is 1. The van der Waals surface area contributed by atoms with Gasteiger partial charge in [-0.3, -0.25) is 14.5 Å². The number of anilines is 1. The van der Waals surface area contributed by atoms with Crippen molar-refractivity contribution in [1.82, 2.24) is 0 Å². The van der Waals surface area contributed by atoms with Crippen LogP contribution in [-0.4, -0.2) is 36.0 Å². The second-order valence-electron chi connectivity index (χ2n) is 9.55. The largest absolute Gasteiger partial charge is 0.507 e. The zero-order valence-corrected chi connectivity index (χ0v) is 22.7. The van der Waals surface area contributed by atoms with E-state index in [1.54, 1.807) is 42.5 Å². The van der Waals surface area contributed by atoms with Crippen molar-refractivity contribution in [1.29, 1.82) is 0 Å². The SMILES string of the molecule is CCCOc1ccc(/C(O)=C2/C(=O)C(=O)N(c3ccc(C(=O)OCC(C)C)cc3)C2c2cccs2)cc1C. The average molecular weight is 534 g/mol. The predicted molar refractivity (Wildman–Crippen MR) is 148 cm³/mol. The number of nitrogens with zero attached hydrogens (tertiary/aromatic N) is 1. The lowest BCUT2D eigenvalue weighted by molar-refractivity contribution is -0.132. The summed E-state index contributed by atoms with van der Waals surface area (Å²) in [5.41, 5.74) is 2.03. The van der Waals surface area contributed by atoms with Gasteiger partial charge in [0, 0.05) is 16.1 Å². The summed E-state index contributed by atoms with van der Waals surface area (Å²) in [7, 11) is 0. The molecule has 7 nitrogen and oxygen atoms in total. The Bertz CT molecular complexity index is 1360. The molecule has 1 aliphatic rings. The molecule has 1 aliphatic heterocycles. The molecule has 0 bridgehead atoms. The molecule has 4 rings (SSSR count). The Hall–Kier alpha value is -3.91. The van der Waals surface area contributed by atoms with Crippen molar-refractivity contribution in [2.24, 2.45) is 5.92 Å². The number of hydrogen-bond donors (Lipinski definition) is 1. The number of benzene rings is 2. The van der Waals surface area contributed by atoms with Crippen LogP contribution >= 0.6 is 11.3 Å². The van der Waals surface area contributed by atoms with Gasteiger partial charge in [-0.2, -0.15) is 0 Å². The third kappa shape index (κ3) is 5.50.